The van der Waals surface area contributed by atoms with Crippen LogP contribution in [0.4, 0.5) is 11.5 Å². The Kier molecular flexibility index (Phi) is 5.23. The van der Waals surface area contributed by atoms with E-state index < -0.39 is 5.97 Å². The van der Waals surface area contributed by atoms with Gasteiger partial charge in [-0.1, -0.05) is 12.1 Å². The summed E-state index contributed by atoms with van der Waals surface area (Å²) in [6.07, 6.45) is 2.78. The maximum atomic E-state index is 11.3. The molecule has 32 heavy (non-hydrogen) atoms. The first-order valence-corrected chi connectivity index (χ1v) is 10.6. The number of aliphatic carboxylic acids is 1. The normalized spacial score (nSPS) is 19.5. The zero-order chi connectivity index (χ0) is 22.1. The number of nitrogens with zero attached hydrogens (tertiary/aromatic N) is 3. The van der Waals surface area contributed by atoms with Gasteiger partial charge in [0.25, 0.3) is 0 Å². The monoisotopic (exact) mass is 430 g/mol. The van der Waals surface area contributed by atoms with Gasteiger partial charge in [-0.05, 0) is 55.5 Å². The zero-order valence-electron chi connectivity index (χ0n) is 17.4. The molecule has 0 bridgehead atoms. The minimum absolute atomic E-state index is 0.127. The molecule has 1 aliphatic carbocycles. The summed E-state index contributed by atoms with van der Waals surface area (Å²) >= 11 is 0. The van der Waals surface area contributed by atoms with Gasteiger partial charge in [0, 0.05) is 17.8 Å². The van der Waals surface area contributed by atoms with Gasteiger partial charge in [-0.15, -0.1) is 0 Å². The summed E-state index contributed by atoms with van der Waals surface area (Å²) in [5, 5.41) is 13.5. The molecule has 3 aromatic rings. The summed E-state index contributed by atoms with van der Waals surface area (Å²) in [6, 6.07) is 11.2. The lowest BCUT2D eigenvalue weighted by molar-refractivity contribution is -0.142. The second-order valence-electron chi connectivity index (χ2n) is 8.17. The fourth-order valence-corrected chi connectivity index (χ4v) is 4.36. The van der Waals surface area contributed by atoms with Crippen molar-refractivity contribution in [2.24, 2.45) is 5.92 Å². The van der Waals surface area contributed by atoms with E-state index in [0.717, 1.165) is 46.6 Å². The fourth-order valence-electron chi connectivity index (χ4n) is 4.36. The molecule has 1 aliphatic heterocycles. The molecule has 2 aliphatic rings. The third-order valence-electron chi connectivity index (χ3n) is 6.16. The zero-order valence-corrected chi connectivity index (χ0v) is 17.4. The van der Waals surface area contributed by atoms with E-state index in [2.05, 4.69) is 10.2 Å². The quantitative estimate of drug-likeness (QED) is 0.557. The number of benzene rings is 2. The number of anilines is 1. The van der Waals surface area contributed by atoms with Crippen molar-refractivity contribution < 1.29 is 19.4 Å². The Hall–Kier alpha value is -3.86. The highest BCUT2D eigenvalue weighted by Crippen LogP contribution is 2.37. The Morgan fingerprint density at radius 3 is 2.69 bits per heavy atom. The second-order valence-corrected chi connectivity index (χ2v) is 8.17. The lowest BCUT2D eigenvalue weighted by Crippen LogP contribution is -2.21. The molecule has 0 amide bonds. The van der Waals surface area contributed by atoms with E-state index >= 15 is 0 Å². The van der Waals surface area contributed by atoms with Crippen molar-refractivity contribution in [3.8, 4) is 11.5 Å². The number of hydrogen-bond donors (Lipinski definition) is 2. The predicted molar refractivity (Wildman–Crippen MR) is 118 cm³/mol. The van der Waals surface area contributed by atoms with Gasteiger partial charge in [-0.25, -0.2) is 14.8 Å². The number of rotatable bonds is 5. The van der Waals surface area contributed by atoms with Gasteiger partial charge in [-0.3, -0.25) is 4.79 Å². The van der Waals surface area contributed by atoms with Crippen molar-refractivity contribution >= 4 is 28.4 Å². The molecular weight excluding hydrogens is 408 g/mol. The van der Waals surface area contributed by atoms with Crippen molar-refractivity contribution in [2.75, 3.05) is 12.1 Å². The summed E-state index contributed by atoms with van der Waals surface area (Å²) in [6.45, 7) is 8.10. The summed E-state index contributed by atoms with van der Waals surface area (Å²) in [4.78, 5) is 24.4. The van der Waals surface area contributed by atoms with Crippen LogP contribution < -0.4 is 14.8 Å². The fraction of sp³-hybridized carbons (Fsp3) is 0.333. The molecule has 2 N–H and O–H groups in total. The first kappa shape index (κ1) is 20.1. The smallest absolute Gasteiger partial charge is 0.306 e. The van der Waals surface area contributed by atoms with Gasteiger partial charge >= 0.3 is 5.97 Å². The number of carboxylic acid groups (broad SMARTS) is 1. The molecule has 1 fully saturated rings. The van der Waals surface area contributed by atoms with E-state index in [4.69, 9.17) is 26.0 Å². The Morgan fingerprint density at radius 1 is 1.09 bits per heavy atom. The summed E-state index contributed by atoms with van der Waals surface area (Å²) in [5.41, 5.74) is 2.32. The molecule has 0 unspecified atom stereocenters. The van der Waals surface area contributed by atoms with Crippen molar-refractivity contribution in [2.45, 2.75) is 38.1 Å². The highest BCUT2D eigenvalue weighted by Gasteiger charge is 2.28. The molecule has 5 rings (SSSR count). The standard InChI is InChI=1S/C24H22N4O4/c1-25-17-7-8-19-18(11-17)23(26-12-14-2-9-20-21(10-14)32-13-31-20)28-22(27-19)15-3-5-16(6-4-15)24(29)30/h2,7-11,15-16H,3-6,12-13H2,(H,29,30)(H,26,27,28). The van der Waals surface area contributed by atoms with E-state index in [-0.39, 0.29) is 18.6 Å². The van der Waals surface area contributed by atoms with Crippen molar-refractivity contribution in [3.63, 3.8) is 0 Å². The van der Waals surface area contributed by atoms with Crippen LogP contribution in [0.15, 0.2) is 36.4 Å². The van der Waals surface area contributed by atoms with E-state index in [1.54, 1.807) is 12.1 Å². The SMILES string of the molecule is [C-]#[N+]c1ccc2nc(C3CCC(C(=O)O)CC3)nc(NCc3ccc4c(c3)OCO4)c2c1. The van der Waals surface area contributed by atoms with Gasteiger partial charge in [0.15, 0.2) is 17.2 Å². The number of hydrogen-bond acceptors (Lipinski definition) is 6. The third kappa shape index (κ3) is 3.89. The molecular formula is C24H22N4O4. The van der Waals surface area contributed by atoms with Gasteiger partial charge in [0.2, 0.25) is 6.79 Å². The number of fused-ring (bicyclic) bond motifs is 2. The average Bonchev–Trinajstić information content (AvgIpc) is 3.30. The number of ether oxygens (including phenoxy) is 2. The van der Waals surface area contributed by atoms with E-state index in [9.17, 15) is 9.90 Å². The highest BCUT2D eigenvalue weighted by atomic mass is 16.7. The van der Waals surface area contributed by atoms with Crippen LogP contribution in [0.5, 0.6) is 11.5 Å². The summed E-state index contributed by atoms with van der Waals surface area (Å²) in [7, 11) is 0. The molecule has 0 spiro atoms. The number of carbonyl (C=O) groups is 1. The van der Waals surface area contributed by atoms with Crippen LogP contribution >= 0.6 is 0 Å². The molecule has 2 heterocycles. The van der Waals surface area contributed by atoms with E-state index in [1.807, 2.05) is 24.3 Å². The molecule has 1 saturated carbocycles. The lowest BCUT2D eigenvalue weighted by Gasteiger charge is -2.25. The first-order chi connectivity index (χ1) is 15.6. The van der Waals surface area contributed by atoms with Crippen LogP contribution in [0.25, 0.3) is 15.7 Å². The van der Waals surface area contributed by atoms with Crippen LogP contribution in [0.3, 0.4) is 0 Å². The van der Waals surface area contributed by atoms with Crippen LogP contribution in [-0.4, -0.2) is 27.8 Å². The highest BCUT2D eigenvalue weighted by molar-refractivity contribution is 5.91. The predicted octanol–water partition coefficient (Wildman–Crippen LogP) is 4.88. The van der Waals surface area contributed by atoms with Crippen LogP contribution in [-0.2, 0) is 11.3 Å². The topological polar surface area (TPSA) is 97.9 Å². The maximum absolute atomic E-state index is 11.3. The van der Waals surface area contributed by atoms with Crippen molar-refractivity contribution in [1.29, 1.82) is 0 Å². The minimum Gasteiger partial charge on any atom is -0.481 e. The minimum atomic E-state index is -0.722. The molecule has 2 aromatic carbocycles. The number of aromatic nitrogens is 2. The third-order valence-corrected chi connectivity index (χ3v) is 6.16. The lowest BCUT2D eigenvalue weighted by atomic mass is 9.81. The van der Waals surface area contributed by atoms with Gasteiger partial charge < -0.3 is 19.9 Å². The molecule has 1 aromatic heterocycles. The number of carboxylic acids is 1. The Bertz CT molecular complexity index is 1230. The van der Waals surface area contributed by atoms with E-state index in [0.29, 0.717) is 30.9 Å². The van der Waals surface area contributed by atoms with Gasteiger partial charge in [0.05, 0.1) is 18.0 Å². The largest absolute Gasteiger partial charge is 0.481 e. The molecule has 0 radical (unpaired) electrons. The Balaban J connectivity index is 1.44. The second kappa shape index (κ2) is 8.35. The first-order valence-electron chi connectivity index (χ1n) is 10.6. The van der Waals surface area contributed by atoms with E-state index in [1.165, 1.54) is 0 Å². The maximum Gasteiger partial charge on any atom is 0.306 e. The number of nitrogens with one attached hydrogen (secondary N) is 1. The van der Waals surface area contributed by atoms with Crippen LogP contribution in [0, 0.1) is 12.5 Å². The molecule has 162 valence electrons. The Morgan fingerprint density at radius 2 is 1.91 bits per heavy atom. The van der Waals surface area contributed by atoms with Crippen LogP contribution in [0.1, 0.15) is 43.0 Å². The molecule has 0 atom stereocenters. The Labute approximate surface area is 185 Å². The van der Waals surface area contributed by atoms with Crippen LogP contribution in [0.2, 0.25) is 0 Å². The van der Waals surface area contributed by atoms with Crippen molar-refractivity contribution in [3.05, 3.63) is 59.2 Å². The molecule has 8 nitrogen and oxygen atoms in total. The average molecular weight is 430 g/mol. The van der Waals surface area contributed by atoms with Gasteiger partial charge in [-0.2, -0.15) is 0 Å². The van der Waals surface area contributed by atoms with Crippen molar-refractivity contribution in [1.82, 2.24) is 9.97 Å². The summed E-state index contributed by atoms with van der Waals surface area (Å²) < 4.78 is 10.8. The molecule has 8 heteroatoms. The molecule has 0 saturated heterocycles. The summed E-state index contributed by atoms with van der Waals surface area (Å²) in [5.74, 6) is 1.99. The van der Waals surface area contributed by atoms with Gasteiger partial charge in [0.1, 0.15) is 11.6 Å².